The summed E-state index contributed by atoms with van der Waals surface area (Å²) in [6.45, 7) is 8.48. The Hall–Kier alpha value is -0.610. The second-order valence-electron chi connectivity index (χ2n) is 5.32. The summed E-state index contributed by atoms with van der Waals surface area (Å²) in [6.07, 6.45) is 2.13. The molecule has 1 fully saturated rings. The summed E-state index contributed by atoms with van der Waals surface area (Å²) in [5, 5.41) is 7.36. The van der Waals surface area contributed by atoms with Crippen LogP contribution in [0.1, 0.15) is 38.9 Å². The molecule has 1 saturated heterocycles. The second kappa shape index (κ2) is 5.15. The quantitative estimate of drug-likeness (QED) is 0.865. The Labute approximate surface area is 103 Å². The Morgan fingerprint density at radius 3 is 2.69 bits per heavy atom. The highest BCUT2D eigenvalue weighted by Gasteiger charge is 2.23. The van der Waals surface area contributed by atoms with Gasteiger partial charge in [0.05, 0.1) is 0 Å². The van der Waals surface area contributed by atoms with Gasteiger partial charge in [-0.15, -0.1) is 12.4 Å². The van der Waals surface area contributed by atoms with E-state index in [4.69, 9.17) is 4.52 Å². The summed E-state index contributed by atoms with van der Waals surface area (Å²) < 4.78 is 5.26. The topological polar surface area (TPSA) is 51.0 Å². The average Bonchev–Trinajstić information content (AvgIpc) is 2.73. The van der Waals surface area contributed by atoms with Gasteiger partial charge in [-0.1, -0.05) is 25.9 Å². The highest BCUT2D eigenvalue weighted by molar-refractivity contribution is 5.85. The molecule has 2 heterocycles. The third-order valence-electron chi connectivity index (χ3n) is 2.76. The molecule has 0 aromatic carbocycles. The number of nitrogens with zero attached hydrogens (tertiary/aromatic N) is 2. The number of nitrogens with one attached hydrogen (secondary N) is 1. The third-order valence-corrected chi connectivity index (χ3v) is 2.76. The van der Waals surface area contributed by atoms with Crippen LogP contribution in [-0.4, -0.2) is 23.2 Å². The minimum atomic E-state index is -0.0182. The van der Waals surface area contributed by atoms with Gasteiger partial charge < -0.3 is 9.84 Å². The van der Waals surface area contributed by atoms with Crippen LogP contribution < -0.4 is 5.32 Å². The zero-order valence-electron chi connectivity index (χ0n) is 10.1. The molecule has 16 heavy (non-hydrogen) atoms. The smallest absolute Gasteiger partial charge is 0.226 e. The SMILES string of the molecule is CC(C)(C)c1noc(CC2CCNC2)n1.Cl. The van der Waals surface area contributed by atoms with Crippen molar-refractivity contribution in [2.45, 2.75) is 39.0 Å². The molecule has 0 amide bonds. The van der Waals surface area contributed by atoms with E-state index in [0.717, 1.165) is 31.2 Å². The minimum absolute atomic E-state index is 0. The molecular weight excluding hydrogens is 226 g/mol. The summed E-state index contributed by atoms with van der Waals surface area (Å²) in [7, 11) is 0. The third kappa shape index (κ3) is 3.19. The van der Waals surface area contributed by atoms with E-state index in [9.17, 15) is 0 Å². The molecular formula is C11H20ClN3O. The molecule has 0 radical (unpaired) electrons. The zero-order chi connectivity index (χ0) is 10.9. The molecule has 1 atom stereocenters. The highest BCUT2D eigenvalue weighted by Crippen LogP contribution is 2.20. The van der Waals surface area contributed by atoms with Gasteiger partial charge in [0.25, 0.3) is 0 Å². The summed E-state index contributed by atoms with van der Waals surface area (Å²) in [4.78, 5) is 4.44. The van der Waals surface area contributed by atoms with E-state index in [-0.39, 0.29) is 17.8 Å². The Morgan fingerprint density at radius 1 is 1.44 bits per heavy atom. The summed E-state index contributed by atoms with van der Waals surface area (Å²) >= 11 is 0. The number of hydrogen-bond acceptors (Lipinski definition) is 4. The first-order chi connectivity index (χ1) is 7.05. The predicted molar refractivity (Wildman–Crippen MR) is 64.9 cm³/mol. The lowest BCUT2D eigenvalue weighted by molar-refractivity contribution is 0.346. The first-order valence-corrected chi connectivity index (χ1v) is 5.59. The largest absolute Gasteiger partial charge is 0.339 e. The lowest BCUT2D eigenvalue weighted by atomic mass is 9.96. The van der Waals surface area contributed by atoms with Crippen LogP contribution in [0, 0.1) is 5.92 Å². The lowest BCUT2D eigenvalue weighted by Crippen LogP contribution is -2.14. The van der Waals surface area contributed by atoms with Crippen molar-refractivity contribution >= 4 is 12.4 Å². The summed E-state index contributed by atoms with van der Waals surface area (Å²) in [5.41, 5.74) is -0.0182. The lowest BCUT2D eigenvalue weighted by Gasteiger charge is -2.11. The van der Waals surface area contributed by atoms with Gasteiger partial charge >= 0.3 is 0 Å². The maximum Gasteiger partial charge on any atom is 0.226 e. The van der Waals surface area contributed by atoms with E-state index in [0.29, 0.717) is 5.92 Å². The molecule has 0 saturated carbocycles. The molecule has 0 spiro atoms. The Morgan fingerprint density at radius 2 is 2.19 bits per heavy atom. The molecule has 5 heteroatoms. The van der Waals surface area contributed by atoms with Crippen LogP contribution in [0.25, 0.3) is 0 Å². The van der Waals surface area contributed by atoms with Gasteiger partial charge in [0.15, 0.2) is 5.82 Å². The van der Waals surface area contributed by atoms with E-state index >= 15 is 0 Å². The van der Waals surface area contributed by atoms with Crippen LogP contribution in [-0.2, 0) is 11.8 Å². The van der Waals surface area contributed by atoms with E-state index < -0.39 is 0 Å². The molecule has 1 aromatic heterocycles. The van der Waals surface area contributed by atoms with Crippen LogP contribution in [0.15, 0.2) is 4.52 Å². The number of rotatable bonds is 2. The second-order valence-corrected chi connectivity index (χ2v) is 5.32. The zero-order valence-corrected chi connectivity index (χ0v) is 10.9. The van der Waals surface area contributed by atoms with Crippen molar-refractivity contribution in [1.82, 2.24) is 15.5 Å². The summed E-state index contributed by atoms with van der Waals surface area (Å²) in [5.74, 6) is 2.26. The van der Waals surface area contributed by atoms with Crippen LogP contribution in [0.2, 0.25) is 0 Å². The van der Waals surface area contributed by atoms with Gasteiger partial charge in [0.2, 0.25) is 5.89 Å². The molecule has 1 aromatic rings. The standard InChI is InChI=1S/C11H19N3O.ClH/c1-11(2,3)10-13-9(15-14-10)6-8-4-5-12-7-8;/h8,12H,4-7H2,1-3H3;1H. The first-order valence-electron chi connectivity index (χ1n) is 5.59. The molecule has 2 rings (SSSR count). The average molecular weight is 246 g/mol. The van der Waals surface area contributed by atoms with Crippen molar-refractivity contribution in [1.29, 1.82) is 0 Å². The number of halogens is 1. The molecule has 4 nitrogen and oxygen atoms in total. The van der Waals surface area contributed by atoms with Gasteiger partial charge in [0.1, 0.15) is 0 Å². The van der Waals surface area contributed by atoms with Gasteiger partial charge in [-0.2, -0.15) is 4.98 Å². The van der Waals surface area contributed by atoms with E-state index in [1.165, 1.54) is 6.42 Å². The molecule has 1 unspecified atom stereocenters. The number of aromatic nitrogens is 2. The van der Waals surface area contributed by atoms with Crippen LogP contribution in [0.4, 0.5) is 0 Å². The van der Waals surface area contributed by atoms with Gasteiger partial charge in [-0.25, -0.2) is 0 Å². The molecule has 92 valence electrons. The fraction of sp³-hybridized carbons (Fsp3) is 0.818. The first kappa shape index (κ1) is 13.5. The maximum atomic E-state index is 5.26. The van der Waals surface area contributed by atoms with Crippen LogP contribution in [0.3, 0.4) is 0 Å². The Kier molecular flexibility index (Phi) is 4.33. The molecule has 1 N–H and O–H groups in total. The van der Waals surface area contributed by atoms with E-state index in [1.54, 1.807) is 0 Å². The molecule has 0 aliphatic carbocycles. The van der Waals surface area contributed by atoms with Gasteiger partial charge in [-0.05, 0) is 25.4 Å². The Balaban J connectivity index is 0.00000128. The predicted octanol–water partition coefficient (Wildman–Crippen LogP) is 1.94. The van der Waals surface area contributed by atoms with Crippen LogP contribution >= 0.6 is 12.4 Å². The minimum Gasteiger partial charge on any atom is -0.339 e. The van der Waals surface area contributed by atoms with Crippen molar-refractivity contribution in [3.63, 3.8) is 0 Å². The fourth-order valence-corrected chi connectivity index (χ4v) is 1.78. The molecule has 1 aliphatic heterocycles. The van der Waals surface area contributed by atoms with Crippen molar-refractivity contribution < 1.29 is 4.52 Å². The van der Waals surface area contributed by atoms with Gasteiger partial charge in [0, 0.05) is 11.8 Å². The molecule has 0 bridgehead atoms. The highest BCUT2D eigenvalue weighted by atomic mass is 35.5. The van der Waals surface area contributed by atoms with E-state index in [1.807, 2.05) is 0 Å². The van der Waals surface area contributed by atoms with Gasteiger partial charge in [-0.3, -0.25) is 0 Å². The van der Waals surface area contributed by atoms with E-state index in [2.05, 4.69) is 36.2 Å². The number of hydrogen-bond donors (Lipinski definition) is 1. The van der Waals surface area contributed by atoms with Crippen molar-refractivity contribution in [3.8, 4) is 0 Å². The van der Waals surface area contributed by atoms with Crippen LogP contribution in [0.5, 0.6) is 0 Å². The normalized spacial score (nSPS) is 20.8. The fourth-order valence-electron chi connectivity index (χ4n) is 1.78. The maximum absolute atomic E-state index is 5.26. The van der Waals surface area contributed by atoms with Crippen molar-refractivity contribution in [2.75, 3.05) is 13.1 Å². The Bertz CT molecular complexity index is 326. The van der Waals surface area contributed by atoms with Crippen molar-refractivity contribution in [2.24, 2.45) is 5.92 Å². The van der Waals surface area contributed by atoms with Crippen molar-refractivity contribution in [3.05, 3.63) is 11.7 Å². The monoisotopic (exact) mass is 245 g/mol. The molecule has 1 aliphatic rings. The summed E-state index contributed by atoms with van der Waals surface area (Å²) in [6, 6.07) is 0.